The average Bonchev–Trinajstić information content (AvgIpc) is 3.21. The Morgan fingerprint density at radius 3 is 2.41 bits per heavy atom. The number of carbonyl (C=O) groups is 1. The van der Waals surface area contributed by atoms with Gasteiger partial charge in [0.25, 0.3) is 0 Å². The molecule has 3 rings (SSSR count). The van der Waals surface area contributed by atoms with Gasteiger partial charge in [-0.05, 0) is 30.3 Å². The van der Waals surface area contributed by atoms with Gasteiger partial charge >= 0.3 is 6.18 Å². The van der Waals surface area contributed by atoms with Crippen molar-refractivity contribution < 1.29 is 18.0 Å². The fourth-order valence-corrected chi connectivity index (χ4v) is 3.64. The second-order valence-corrected chi connectivity index (χ2v) is 7.57. The van der Waals surface area contributed by atoms with E-state index >= 15 is 0 Å². The Morgan fingerprint density at radius 1 is 1.14 bits per heavy atom. The molecule has 1 N–H and O–H groups in total. The molecule has 0 bridgehead atoms. The lowest BCUT2D eigenvalue weighted by Gasteiger charge is -2.21. The summed E-state index contributed by atoms with van der Waals surface area (Å²) < 4.78 is 38.0. The lowest BCUT2D eigenvalue weighted by atomic mass is 10.1. The van der Waals surface area contributed by atoms with Crippen LogP contribution in [0.15, 0.2) is 66.2 Å². The quantitative estimate of drug-likeness (QED) is 0.613. The van der Waals surface area contributed by atoms with Crippen molar-refractivity contribution in [2.75, 3.05) is 13.6 Å². The van der Waals surface area contributed by atoms with Crippen molar-refractivity contribution in [3.05, 3.63) is 87.9 Å². The predicted molar refractivity (Wildman–Crippen MR) is 106 cm³/mol. The topological polar surface area (TPSA) is 45.2 Å². The molecule has 0 fully saturated rings. The highest BCUT2D eigenvalue weighted by Crippen LogP contribution is 2.29. The van der Waals surface area contributed by atoms with Crippen LogP contribution in [-0.2, 0) is 17.5 Å². The maximum atomic E-state index is 12.7. The first-order valence-electron chi connectivity index (χ1n) is 8.91. The van der Waals surface area contributed by atoms with E-state index in [4.69, 9.17) is 0 Å². The molecule has 0 spiro atoms. The molecule has 152 valence electrons. The minimum absolute atomic E-state index is 0.107. The second kappa shape index (κ2) is 9.19. The fraction of sp³-hybridized carbons (Fsp3) is 0.238. The van der Waals surface area contributed by atoms with Gasteiger partial charge < -0.3 is 5.32 Å². The minimum Gasteiger partial charge on any atom is -0.342 e. The number of rotatable bonds is 7. The molecule has 0 aliphatic heterocycles. The van der Waals surface area contributed by atoms with Gasteiger partial charge in [-0.15, -0.1) is 11.3 Å². The van der Waals surface area contributed by atoms with E-state index in [9.17, 15) is 18.0 Å². The van der Waals surface area contributed by atoms with Gasteiger partial charge in [-0.3, -0.25) is 9.69 Å². The molecule has 0 aliphatic rings. The van der Waals surface area contributed by atoms with E-state index < -0.39 is 11.7 Å². The number of nitrogens with one attached hydrogen (secondary N) is 1. The van der Waals surface area contributed by atoms with Crippen LogP contribution in [0.25, 0.3) is 0 Å². The molecule has 3 aromatic rings. The molecule has 0 aliphatic carbocycles. The standard InChI is InChI=1S/C21H20F3N3OS/c1-27(13-15-7-9-17(10-8-15)21(22,23)24)14-18(28)26-19(20-25-11-12-29-20)16-5-3-2-4-6-16/h2-12,19H,13-14H2,1H3,(H,26,28). The summed E-state index contributed by atoms with van der Waals surface area (Å²) in [5.41, 5.74) is 0.949. The average molecular weight is 419 g/mol. The zero-order chi connectivity index (χ0) is 20.9. The van der Waals surface area contributed by atoms with Crippen molar-refractivity contribution in [1.29, 1.82) is 0 Å². The zero-order valence-electron chi connectivity index (χ0n) is 15.7. The molecule has 0 saturated heterocycles. The zero-order valence-corrected chi connectivity index (χ0v) is 16.5. The van der Waals surface area contributed by atoms with Crippen molar-refractivity contribution in [2.24, 2.45) is 0 Å². The third-order valence-electron chi connectivity index (χ3n) is 4.28. The molecular weight excluding hydrogens is 399 g/mol. The first kappa shape index (κ1) is 21.0. The van der Waals surface area contributed by atoms with Crippen LogP contribution < -0.4 is 5.32 Å². The van der Waals surface area contributed by atoms with Gasteiger partial charge in [-0.2, -0.15) is 13.2 Å². The number of benzene rings is 2. The predicted octanol–water partition coefficient (Wildman–Crippen LogP) is 4.50. The number of thiazole rings is 1. The van der Waals surface area contributed by atoms with Crippen molar-refractivity contribution in [3.8, 4) is 0 Å². The molecule has 0 saturated carbocycles. The van der Waals surface area contributed by atoms with E-state index in [1.54, 1.807) is 18.1 Å². The Hall–Kier alpha value is -2.71. The van der Waals surface area contributed by atoms with Gasteiger partial charge in [0.15, 0.2) is 0 Å². The van der Waals surface area contributed by atoms with Crippen LogP contribution >= 0.6 is 11.3 Å². The summed E-state index contributed by atoms with van der Waals surface area (Å²) in [6.45, 7) is 0.467. The largest absolute Gasteiger partial charge is 0.416 e. The molecule has 29 heavy (non-hydrogen) atoms. The maximum Gasteiger partial charge on any atom is 0.416 e. The number of amides is 1. The van der Waals surface area contributed by atoms with Crippen LogP contribution in [0.5, 0.6) is 0 Å². The van der Waals surface area contributed by atoms with Crippen LogP contribution in [0.2, 0.25) is 0 Å². The summed E-state index contributed by atoms with van der Waals surface area (Å²) in [6.07, 6.45) is -2.66. The summed E-state index contributed by atoms with van der Waals surface area (Å²) >= 11 is 1.46. The van der Waals surface area contributed by atoms with Crippen LogP contribution in [0.3, 0.4) is 0 Å². The lowest BCUT2D eigenvalue weighted by molar-refractivity contribution is -0.137. The molecule has 1 heterocycles. The maximum absolute atomic E-state index is 12.7. The molecule has 4 nitrogen and oxygen atoms in total. The summed E-state index contributed by atoms with van der Waals surface area (Å²) in [6, 6.07) is 14.2. The van der Waals surface area contributed by atoms with Crippen LogP contribution in [0, 0.1) is 0 Å². The van der Waals surface area contributed by atoms with Crippen LogP contribution in [0.1, 0.15) is 27.7 Å². The Kier molecular flexibility index (Phi) is 6.66. The summed E-state index contributed by atoms with van der Waals surface area (Å²) in [5, 5.41) is 5.64. The first-order valence-corrected chi connectivity index (χ1v) is 9.79. The number of nitrogens with zero attached hydrogens (tertiary/aromatic N) is 2. The highest BCUT2D eigenvalue weighted by molar-refractivity contribution is 7.09. The smallest absolute Gasteiger partial charge is 0.342 e. The van der Waals surface area contributed by atoms with Gasteiger partial charge in [0.05, 0.1) is 12.1 Å². The Bertz CT molecular complexity index is 913. The van der Waals surface area contributed by atoms with E-state index in [0.29, 0.717) is 12.1 Å². The van der Waals surface area contributed by atoms with E-state index in [0.717, 1.165) is 22.7 Å². The van der Waals surface area contributed by atoms with Gasteiger partial charge in [0, 0.05) is 18.1 Å². The molecule has 1 atom stereocenters. The lowest BCUT2D eigenvalue weighted by Crippen LogP contribution is -2.37. The number of hydrogen-bond donors (Lipinski definition) is 1. The molecule has 1 amide bonds. The van der Waals surface area contributed by atoms with Crippen LogP contribution in [-0.4, -0.2) is 29.4 Å². The minimum atomic E-state index is -4.35. The highest BCUT2D eigenvalue weighted by atomic mass is 32.1. The normalized spacial score (nSPS) is 12.7. The van der Waals surface area contributed by atoms with Crippen molar-refractivity contribution in [3.63, 3.8) is 0 Å². The van der Waals surface area contributed by atoms with E-state index in [-0.39, 0.29) is 18.5 Å². The van der Waals surface area contributed by atoms with Crippen molar-refractivity contribution in [1.82, 2.24) is 15.2 Å². The highest BCUT2D eigenvalue weighted by Gasteiger charge is 2.30. The van der Waals surface area contributed by atoms with Crippen molar-refractivity contribution in [2.45, 2.75) is 18.8 Å². The number of alkyl halides is 3. The van der Waals surface area contributed by atoms with E-state index in [1.165, 1.54) is 23.5 Å². The van der Waals surface area contributed by atoms with E-state index in [1.807, 2.05) is 35.7 Å². The van der Waals surface area contributed by atoms with Gasteiger partial charge in [-0.25, -0.2) is 4.98 Å². The molecule has 0 radical (unpaired) electrons. The van der Waals surface area contributed by atoms with Crippen LogP contribution in [0.4, 0.5) is 13.2 Å². The number of aromatic nitrogens is 1. The summed E-state index contributed by atoms with van der Waals surface area (Å²) in [7, 11) is 1.75. The molecule has 1 unspecified atom stereocenters. The Balaban J connectivity index is 1.61. The Morgan fingerprint density at radius 2 is 1.83 bits per heavy atom. The number of carbonyl (C=O) groups excluding carboxylic acids is 1. The fourth-order valence-electron chi connectivity index (χ4n) is 2.93. The first-order chi connectivity index (χ1) is 13.8. The van der Waals surface area contributed by atoms with E-state index in [2.05, 4.69) is 10.3 Å². The number of halogens is 3. The molecule has 2 aromatic carbocycles. The van der Waals surface area contributed by atoms with Gasteiger partial charge in [-0.1, -0.05) is 42.5 Å². The molecular formula is C21H20F3N3OS. The van der Waals surface area contributed by atoms with Crippen molar-refractivity contribution >= 4 is 17.2 Å². The SMILES string of the molecule is CN(CC(=O)NC(c1ccccc1)c1nccs1)Cc1ccc(C(F)(F)F)cc1. The van der Waals surface area contributed by atoms with Gasteiger partial charge in [0.2, 0.25) is 5.91 Å². The number of hydrogen-bond acceptors (Lipinski definition) is 4. The second-order valence-electron chi connectivity index (χ2n) is 6.65. The monoisotopic (exact) mass is 419 g/mol. The summed E-state index contributed by atoms with van der Waals surface area (Å²) in [5.74, 6) is -0.191. The molecule has 8 heteroatoms. The molecule has 1 aromatic heterocycles. The van der Waals surface area contributed by atoms with Gasteiger partial charge in [0.1, 0.15) is 11.0 Å². The third-order valence-corrected chi connectivity index (χ3v) is 5.12. The third kappa shape index (κ3) is 5.88. The number of likely N-dealkylation sites (N-methyl/N-ethyl adjacent to an activating group) is 1. The Labute approximate surface area is 171 Å². The summed E-state index contributed by atoms with van der Waals surface area (Å²) in [4.78, 5) is 18.7.